The van der Waals surface area contributed by atoms with Crippen molar-refractivity contribution in [1.29, 1.82) is 0 Å². The highest BCUT2D eigenvalue weighted by atomic mass is 16.6. The highest BCUT2D eigenvalue weighted by Crippen LogP contribution is 2.30. The van der Waals surface area contributed by atoms with E-state index < -0.39 is 16.9 Å². The van der Waals surface area contributed by atoms with Crippen LogP contribution in [0, 0.1) is 10.1 Å². The van der Waals surface area contributed by atoms with E-state index in [1.54, 1.807) is 0 Å². The summed E-state index contributed by atoms with van der Waals surface area (Å²) in [7, 11) is 2.68. The summed E-state index contributed by atoms with van der Waals surface area (Å²) < 4.78 is 9.77. The summed E-state index contributed by atoms with van der Waals surface area (Å²) in [6.07, 6.45) is 0. The number of methoxy groups -OCH3 is 2. The predicted octanol–water partition coefficient (Wildman–Crippen LogP) is 0.340. The molecule has 0 aliphatic carbocycles. The molecule has 1 aromatic rings. The van der Waals surface area contributed by atoms with E-state index in [4.69, 9.17) is 14.6 Å². The number of benzene rings is 1. The zero-order valence-corrected chi connectivity index (χ0v) is 11.2. The minimum Gasteiger partial charge on any atom is -0.490 e. The van der Waals surface area contributed by atoms with Crippen molar-refractivity contribution in [2.24, 2.45) is 0 Å². The van der Waals surface area contributed by atoms with Crippen molar-refractivity contribution in [1.82, 2.24) is 5.32 Å². The summed E-state index contributed by atoms with van der Waals surface area (Å²) in [4.78, 5) is 22.3. The maximum atomic E-state index is 12.1. The predicted molar refractivity (Wildman–Crippen MR) is 69.9 cm³/mol. The van der Waals surface area contributed by atoms with Gasteiger partial charge in [0.1, 0.15) is 0 Å². The molecule has 0 aliphatic heterocycles. The van der Waals surface area contributed by atoms with E-state index in [1.165, 1.54) is 32.4 Å². The van der Waals surface area contributed by atoms with Gasteiger partial charge >= 0.3 is 5.69 Å². The number of nitro benzene ring substituents is 1. The van der Waals surface area contributed by atoms with Gasteiger partial charge in [0.25, 0.3) is 5.91 Å². The Bertz CT molecular complexity index is 491. The molecule has 110 valence electrons. The van der Waals surface area contributed by atoms with Gasteiger partial charge in [-0.05, 0) is 6.07 Å². The molecule has 1 atom stereocenters. The minimum absolute atomic E-state index is 0.0243. The van der Waals surface area contributed by atoms with Crippen LogP contribution >= 0.6 is 0 Å². The molecule has 8 heteroatoms. The number of nitro groups is 1. The van der Waals surface area contributed by atoms with Gasteiger partial charge in [0, 0.05) is 13.2 Å². The average molecular weight is 284 g/mol. The van der Waals surface area contributed by atoms with Gasteiger partial charge in [-0.3, -0.25) is 14.9 Å². The number of hydrogen-bond donors (Lipinski definition) is 2. The smallest absolute Gasteiger partial charge is 0.311 e. The third-order valence-corrected chi connectivity index (χ3v) is 2.56. The van der Waals surface area contributed by atoms with Crippen LogP contribution in [0.1, 0.15) is 10.4 Å². The monoisotopic (exact) mass is 284 g/mol. The Balaban J connectivity index is 3.03. The first-order chi connectivity index (χ1) is 9.54. The van der Waals surface area contributed by atoms with E-state index in [0.717, 1.165) is 0 Å². The first kappa shape index (κ1) is 15.9. The maximum absolute atomic E-state index is 12.1. The van der Waals surface area contributed by atoms with Crippen LogP contribution in [-0.4, -0.2) is 49.4 Å². The molecule has 0 aliphatic rings. The van der Waals surface area contributed by atoms with Crippen LogP contribution in [0.5, 0.6) is 5.75 Å². The fourth-order valence-electron chi connectivity index (χ4n) is 1.67. The molecule has 0 spiro atoms. The number of rotatable bonds is 7. The number of ether oxygens (including phenoxy) is 2. The number of nitrogens with zero attached hydrogens (tertiary/aromatic N) is 1. The fraction of sp³-hybridized carbons (Fsp3) is 0.417. The summed E-state index contributed by atoms with van der Waals surface area (Å²) in [5, 5.41) is 22.5. The van der Waals surface area contributed by atoms with E-state index in [0.29, 0.717) is 0 Å². The Morgan fingerprint density at radius 2 is 2.20 bits per heavy atom. The molecule has 0 saturated carbocycles. The van der Waals surface area contributed by atoms with Crippen molar-refractivity contribution in [2.45, 2.75) is 6.04 Å². The standard InChI is InChI=1S/C12H16N2O6/c1-19-7-8(6-15)13-12(16)9-4-3-5-10(14(17)18)11(9)20-2/h3-5,8,15H,6-7H2,1-2H3,(H,13,16). The van der Waals surface area contributed by atoms with Gasteiger partial charge in [0.2, 0.25) is 5.75 Å². The lowest BCUT2D eigenvalue weighted by Gasteiger charge is -2.16. The van der Waals surface area contributed by atoms with Crippen molar-refractivity contribution in [3.63, 3.8) is 0 Å². The SMILES string of the molecule is COCC(CO)NC(=O)c1cccc([N+](=O)[O-])c1OC. The molecule has 0 bridgehead atoms. The van der Waals surface area contributed by atoms with Crippen LogP contribution < -0.4 is 10.1 Å². The number of carbonyl (C=O) groups is 1. The Kier molecular flexibility index (Phi) is 5.88. The Morgan fingerprint density at radius 1 is 1.50 bits per heavy atom. The molecular formula is C12H16N2O6. The van der Waals surface area contributed by atoms with Gasteiger partial charge in [0.05, 0.1) is 36.9 Å². The molecular weight excluding hydrogens is 268 g/mol. The lowest BCUT2D eigenvalue weighted by atomic mass is 10.1. The molecule has 0 saturated heterocycles. The molecule has 0 radical (unpaired) electrons. The number of carbonyl (C=O) groups excluding carboxylic acids is 1. The maximum Gasteiger partial charge on any atom is 0.311 e. The summed E-state index contributed by atoms with van der Waals surface area (Å²) in [5.41, 5.74) is -0.274. The molecule has 1 amide bonds. The molecule has 0 fully saturated rings. The van der Waals surface area contributed by atoms with Crippen LogP contribution in [0.15, 0.2) is 18.2 Å². The third-order valence-electron chi connectivity index (χ3n) is 2.56. The number of para-hydroxylation sites is 1. The summed E-state index contributed by atoms with van der Waals surface area (Å²) in [5.74, 6) is -0.703. The van der Waals surface area contributed by atoms with Gasteiger partial charge in [-0.25, -0.2) is 0 Å². The number of hydrogen-bond acceptors (Lipinski definition) is 6. The second kappa shape index (κ2) is 7.41. The highest BCUT2D eigenvalue weighted by Gasteiger charge is 2.23. The van der Waals surface area contributed by atoms with Gasteiger partial charge in [-0.15, -0.1) is 0 Å². The number of amides is 1. The van der Waals surface area contributed by atoms with Crippen molar-refractivity contribution >= 4 is 11.6 Å². The normalized spacial score (nSPS) is 11.8. The molecule has 8 nitrogen and oxygen atoms in total. The van der Waals surface area contributed by atoms with Gasteiger partial charge in [0.15, 0.2) is 0 Å². The van der Waals surface area contributed by atoms with E-state index in [1.807, 2.05) is 0 Å². The lowest BCUT2D eigenvalue weighted by Crippen LogP contribution is -2.40. The molecule has 1 rings (SSSR count). The first-order valence-electron chi connectivity index (χ1n) is 5.77. The number of nitrogens with one attached hydrogen (secondary N) is 1. The van der Waals surface area contributed by atoms with E-state index in [-0.39, 0.29) is 30.2 Å². The Labute approximate surface area is 115 Å². The quantitative estimate of drug-likeness (QED) is 0.551. The summed E-state index contributed by atoms with van der Waals surface area (Å²) >= 11 is 0. The molecule has 0 heterocycles. The van der Waals surface area contributed by atoms with Crippen LogP contribution in [0.25, 0.3) is 0 Å². The average Bonchev–Trinajstić information content (AvgIpc) is 2.45. The second-order valence-electron chi connectivity index (χ2n) is 3.92. The first-order valence-corrected chi connectivity index (χ1v) is 5.77. The minimum atomic E-state index is -0.631. The van der Waals surface area contributed by atoms with Crippen molar-refractivity contribution in [2.75, 3.05) is 27.4 Å². The third kappa shape index (κ3) is 3.65. The zero-order valence-electron chi connectivity index (χ0n) is 11.2. The van der Waals surface area contributed by atoms with Crippen LogP contribution in [-0.2, 0) is 4.74 Å². The number of aliphatic hydroxyl groups is 1. The molecule has 0 aromatic heterocycles. The Hall–Kier alpha value is -2.19. The lowest BCUT2D eigenvalue weighted by molar-refractivity contribution is -0.385. The largest absolute Gasteiger partial charge is 0.490 e. The van der Waals surface area contributed by atoms with Crippen molar-refractivity contribution in [3.05, 3.63) is 33.9 Å². The summed E-state index contributed by atoms with van der Waals surface area (Å²) in [6, 6.07) is 3.44. The van der Waals surface area contributed by atoms with Gasteiger partial charge < -0.3 is 19.9 Å². The molecule has 1 unspecified atom stereocenters. The van der Waals surface area contributed by atoms with Crippen LogP contribution in [0.3, 0.4) is 0 Å². The van der Waals surface area contributed by atoms with Crippen molar-refractivity contribution in [3.8, 4) is 5.75 Å². The van der Waals surface area contributed by atoms with E-state index in [9.17, 15) is 14.9 Å². The van der Waals surface area contributed by atoms with Gasteiger partial charge in [-0.1, -0.05) is 6.07 Å². The number of aliphatic hydroxyl groups excluding tert-OH is 1. The zero-order chi connectivity index (χ0) is 15.1. The molecule has 1 aromatic carbocycles. The highest BCUT2D eigenvalue weighted by molar-refractivity contribution is 5.98. The van der Waals surface area contributed by atoms with E-state index in [2.05, 4.69) is 5.32 Å². The topological polar surface area (TPSA) is 111 Å². The molecule has 2 N–H and O–H groups in total. The molecule has 20 heavy (non-hydrogen) atoms. The summed E-state index contributed by atoms with van der Waals surface area (Å²) in [6.45, 7) is -0.184. The van der Waals surface area contributed by atoms with Crippen molar-refractivity contribution < 1.29 is 24.3 Å². The second-order valence-corrected chi connectivity index (χ2v) is 3.92. The van der Waals surface area contributed by atoms with Gasteiger partial charge in [-0.2, -0.15) is 0 Å². The Morgan fingerprint density at radius 3 is 2.70 bits per heavy atom. The van der Waals surface area contributed by atoms with Crippen LogP contribution in [0.2, 0.25) is 0 Å². The van der Waals surface area contributed by atoms with E-state index >= 15 is 0 Å². The fourth-order valence-corrected chi connectivity index (χ4v) is 1.67. The van der Waals surface area contributed by atoms with Crippen LogP contribution in [0.4, 0.5) is 5.69 Å².